The Hall–Kier alpha value is -3.92. The average molecular weight is 650 g/mol. The van der Waals surface area contributed by atoms with Crippen molar-refractivity contribution in [1.82, 2.24) is 15.5 Å². The Morgan fingerprint density at radius 1 is 1.11 bits per heavy atom. The second-order valence-electron chi connectivity index (χ2n) is 12.9. The molecule has 0 unspecified atom stereocenters. The topological polar surface area (TPSA) is 129 Å². The molecule has 3 aliphatic rings. The molecule has 10 nitrogen and oxygen atoms in total. The molecule has 2 aromatic rings. The quantitative estimate of drug-likeness (QED) is 0.199. The summed E-state index contributed by atoms with van der Waals surface area (Å²) in [6.07, 6.45) is 4.92. The molecule has 3 N–H and O–H groups in total. The van der Waals surface area contributed by atoms with Crippen LogP contribution in [-0.2, 0) is 24.0 Å². The van der Waals surface area contributed by atoms with Crippen LogP contribution < -0.4 is 16.0 Å². The summed E-state index contributed by atoms with van der Waals surface area (Å²) in [5.74, 6) is -1.96. The highest BCUT2D eigenvalue weighted by Gasteiger charge is 2.54. The van der Waals surface area contributed by atoms with E-state index in [4.69, 9.17) is 16.4 Å². The first-order valence-corrected chi connectivity index (χ1v) is 16.7. The van der Waals surface area contributed by atoms with Gasteiger partial charge in [-0.15, -0.1) is 0 Å². The van der Waals surface area contributed by atoms with Gasteiger partial charge in [-0.05, 0) is 69.7 Å². The Bertz CT molecular complexity index is 1510. The predicted molar refractivity (Wildman–Crippen MR) is 178 cm³/mol. The number of oxime groups is 1. The summed E-state index contributed by atoms with van der Waals surface area (Å²) in [7, 11) is 0. The van der Waals surface area contributed by atoms with Gasteiger partial charge in [-0.3, -0.25) is 19.2 Å². The molecule has 11 heteroatoms. The summed E-state index contributed by atoms with van der Waals surface area (Å²) in [6, 6.07) is 11.8. The van der Waals surface area contributed by atoms with Crippen molar-refractivity contribution >= 4 is 46.5 Å². The largest absolute Gasteiger partial charge is 0.387 e. The summed E-state index contributed by atoms with van der Waals surface area (Å²) >= 11 is 6.21. The molecule has 5 rings (SSSR count). The number of Topliss-reactive ketones (excluding diaryl/α,β-unsaturated/α-hetero) is 1. The second kappa shape index (κ2) is 14.7. The van der Waals surface area contributed by atoms with Gasteiger partial charge < -0.3 is 25.7 Å². The van der Waals surface area contributed by atoms with Crippen LogP contribution in [0.25, 0.3) is 0 Å². The fourth-order valence-electron chi connectivity index (χ4n) is 6.23. The van der Waals surface area contributed by atoms with Gasteiger partial charge in [0.2, 0.25) is 17.6 Å². The van der Waals surface area contributed by atoms with Crippen LogP contribution in [0.2, 0.25) is 5.02 Å². The molecule has 1 spiro atoms. The minimum Gasteiger partial charge on any atom is -0.387 e. The van der Waals surface area contributed by atoms with E-state index in [1.807, 2.05) is 25.1 Å². The number of ketones is 1. The SMILES string of the molecule is CCC[C@H](NC(=O)[C@@H]1C[C@]2(CC(c3cccc(Cl)c3)=NO2)CN1C(=O)CCCCNc1ccc(C)cc1C)C(=O)C(=O)NC1CC1. The van der Waals surface area contributed by atoms with Gasteiger partial charge in [0.1, 0.15) is 6.04 Å². The van der Waals surface area contributed by atoms with E-state index in [1.165, 1.54) is 11.1 Å². The lowest BCUT2D eigenvalue weighted by molar-refractivity contribution is -0.142. The number of anilines is 1. The highest BCUT2D eigenvalue weighted by Crippen LogP contribution is 2.39. The van der Waals surface area contributed by atoms with Crippen LogP contribution in [0, 0.1) is 13.8 Å². The molecule has 1 saturated heterocycles. The highest BCUT2D eigenvalue weighted by atomic mass is 35.5. The molecular weight excluding hydrogens is 606 g/mol. The third-order valence-corrected chi connectivity index (χ3v) is 9.12. The Morgan fingerprint density at radius 3 is 2.63 bits per heavy atom. The van der Waals surface area contributed by atoms with Gasteiger partial charge in [-0.2, -0.15) is 0 Å². The maximum Gasteiger partial charge on any atom is 0.289 e. The van der Waals surface area contributed by atoms with Crippen LogP contribution in [0.3, 0.4) is 0 Å². The third-order valence-electron chi connectivity index (χ3n) is 8.88. The zero-order valence-electron chi connectivity index (χ0n) is 26.9. The normalized spacial score (nSPS) is 21.0. The Kier molecular flexibility index (Phi) is 10.7. The van der Waals surface area contributed by atoms with Crippen LogP contribution in [0.1, 0.15) is 81.4 Å². The smallest absolute Gasteiger partial charge is 0.289 e. The summed E-state index contributed by atoms with van der Waals surface area (Å²) in [4.78, 5) is 60.6. The maximum absolute atomic E-state index is 13.8. The Labute approximate surface area is 275 Å². The molecule has 0 aromatic heterocycles. The van der Waals surface area contributed by atoms with E-state index in [9.17, 15) is 19.2 Å². The fourth-order valence-corrected chi connectivity index (χ4v) is 6.42. The number of nitrogens with zero attached hydrogens (tertiary/aromatic N) is 2. The molecule has 3 atom stereocenters. The molecule has 0 bridgehead atoms. The molecule has 2 aromatic carbocycles. The lowest BCUT2D eigenvalue weighted by Crippen LogP contribution is -2.53. The molecule has 1 aliphatic carbocycles. The standard InChI is InChI=1S/C35H44ClN5O5/c1-4-8-28(32(43)34(45)38-26-13-14-26)39-33(44)30-20-35(19-29(40-46-35)24-9-7-10-25(36)18-24)21-41(30)31(42)11-5-6-16-37-27-15-12-22(2)17-23(27)3/h7,9-10,12,15,17-18,26,28,30,37H,4-6,8,11,13-14,16,19-21H2,1-3H3,(H,38,45)(H,39,44)/t28-,30-,35+/m0/s1. The predicted octanol–water partition coefficient (Wildman–Crippen LogP) is 4.84. The number of hydrogen-bond acceptors (Lipinski definition) is 7. The van der Waals surface area contributed by atoms with Crippen LogP contribution in [0.4, 0.5) is 5.69 Å². The lowest BCUT2D eigenvalue weighted by Gasteiger charge is -2.26. The third kappa shape index (κ3) is 8.26. The highest BCUT2D eigenvalue weighted by molar-refractivity contribution is 6.38. The molecule has 1 saturated carbocycles. The van der Waals surface area contributed by atoms with Crippen molar-refractivity contribution in [3.05, 3.63) is 64.2 Å². The van der Waals surface area contributed by atoms with Gasteiger partial charge >= 0.3 is 0 Å². The molecule has 0 radical (unpaired) electrons. The molecular formula is C35H44ClN5O5. The first-order chi connectivity index (χ1) is 22.1. The molecule has 3 amide bonds. The number of amides is 3. The fraction of sp³-hybridized carbons (Fsp3) is 0.514. The minimum absolute atomic E-state index is 0.0292. The summed E-state index contributed by atoms with van der Waals surface area (Å²) in [5.41, 5.74) is 4.09. The van der Waals surface area contributed by atoms with Gasteiger partial charge in [0.05, 0.1) is 18.3 Å². The number of unbranched alkanes of at least 4 members (excludes halogenated alkanes) is 1. The van der Waals surface area contributed by atoms with Crippen LogP contribution in [0.15, 0.2) is 47.6 Å². The first kappa shape index (κ1) is 33.4. The number of nitrogens with one attached hydrogen (secondary N) is 3. The lowest BCUT2D eigenvalue weighted by atomic mass is 9.91. The Morgan fingerprint density at radius 2 is 1.91 bits per heavy atom. The van der Waals surface area contributed by atoms with Crippen LogP contribution in [0.5, 0.6) is 0 Å². The van der Waals surface area contributed by atoms with Gasteiger partial charge in [0.15, 0.2) is 5.60 Å². The summed E-state index contributed by atoms with van der Waals surface area (Å²) in [6.45, 7) is 6.92. The van der Waals surface area contributed by atoms with Crippen molar-refractivity contribution in [2.75, 3.05) is 18.4 Å². The van der Waals surface area contributed by atoms with Gasteiger partial charge in [0.25, 0.3) is 5.91 Å². The first-order valence-electron chi connectivity index (χ1n) is 16.3. The summed E-state index contributed by atoms with van der Waals surface area (Å²) in [5, 5.41) is 13.9. The van der Waals surface area contributed by atoms with Crippen molar-refractivity contribution < 1.29 is 24.0 Å². The van der Waals surface area contributed by atoms with E-state index in [2.05, 4.69) is 53.2 Å². The van der Waals surface area contributed by atoms with Crippen molar-refractivity contribution in [3.8, 4) is 0 Å². The average Bonchev–Trinajstić information content (AvgIpc) is 3.62. The van der Waals surface area contributed by atoms with E-state index in [0.717, 1.165) is 30.5 Å². The number of likely N-dealkylation sites (tertiary alicyclic amines) is 1. The van der Waals surface area contributed by atoms with Gasteiger partial charge in [-0.25, -0.2) is 0 Å². The number of halogens is 1. The number of benzene rings is 2. The van der Waals surface area contributed by atoms with Crippen molar-refractivity contribution in [1.29, 1.82) is 0 Å². The molecule has 246 valence electrons. The second-order valence-corrected chi connectivity index (χ2v) is 13.3. The van der Waals surface area contributed by atoms with Gasteiger partial charge in [0, 0.05) is 48.1 Å². The Balaban J connectivity index is 1.25. The van der Waals surface area contributed by atoms with Crippen LogP contribution >= 0.6 is 11.6 Å². The molecule has 2 fully saturated rings. The van der Waals surface area contributed by atoms with E-state index < -0.39 is 35.3 Å². The van der Waals surface area contributed by atoms with Crippen molar-refractivity contribution in [2.45, 2.75) is 102 Å². The number of hydrogen-bond donors (Lipinski definition) is 3. The number of rotatable bonds is 14. The monoisotopic (exact) mass is 649 g/mol. The van der Waals surface area contributed by atoms with Gasteiger partial charge in [-0.1, -0.05) is 59.9 Å². The van der Waals surface area contributed by atoms with E-state index in [-0.39, 0.29) is 31.3 Å². The van der Waals surface area contributed by atoms with E-state index in [1.54, 1.807) is 11.0 Å². The maximum atomic E-state index is 13.8. The molecule has 2 heterocycles. The number of aryl methyl sites for hydroxylation is 2. The molecule has 46 heavy (non-hydrogen) atoms. The number of carbonyl (C=O) groups excluding carboxylic acids is 4. The number of carbonyl (C=O) groups is 4. The van der Waals surface area contributed by atoms with Crippen molar-refractivity contribution in [2.24, 2.45) is 5.16 Å². The minimum atomic E-state index is -0.969. The van der Waals surface area contributed by atoms with Crippen LogP contribution in [-0.4, -0.2) is 70.9 Å². The van der Waals surface area contributed by atoms with E-state index >= 15 is 0 Å². The summed E-state index contributed by atoms with van der Waals surface area (Å²) < 4.78 is 0. The van der Waals surface area contributed by atoms with Crippen molar-refractivity contribution in [3.63, 3.8) is 0 Å². The zero-order chi connectivity index (χ0) is 32.8. The zero-order valence-corrected chi connectivity index (χ0v) is 27.6. The van der Waals surface area contributed by atoms with E-state index in [0.29, 0.717) is 43.0 Å². The molecule has 2 aliphatic heterocycles.